The summed E-state index contributed by atoms with van der Waals surface area (Å²) in [5.41, 5.74) is -0.111. The van der Waals surface area contributed by atoms with Crippen LogP contribution in [0.1, 0.15) is 52.4 Å². The van der Waals surface area contributed by atoms with Gasteiger partial charge in [0, 0.05) is 38.8 Å². The van der Waals surface area contributed by atoms with Gasteiger partial charge in [0.1, 0.15) is 5.54 Å². The highest BCUT2D eigenvalue weighted by molar-refractivity contribution is 5.03. The van der Waals surface area contributed by atoms with E-state index in [1.165, 1.54) is 38.5 Å². The van der Waals surface area contributed by atoms with E-state index in [1.807, 2.05) is 13.8 Å². The van der Waals surface area contributed by atoms with Gasteiger partial charge < -0.3 is 4.74 Å². The summed E-state index contributed by atoms with van der Waals surface area (Å²) in [4.78, 5) is 4.99. The van der Waals surface area contributed by atoms with E-state index in [9.17, 15) is 5.26 Å². The zero-order valence-corrected chi connectivity index (χ0v) is 13.6. The summed E-state index contributed by atoms with van der Waals surface area (Å²) in [6, 6.07) is 3.13. The van der Waals surface area contributed by atoms with Crippen LogP contribution in [0.5, 0.6) is 0 Å². The van der Waals surface area contributed by atoms with Crippen LogP contribution in [0.25, 0.3) is 0 Å². The zero-order valence-electron chi connectivity index (χ0n) is 13.6. The first kappa shape index (κ1) is 15.3. The quantitative estimate of drug-likeness (QED) is 0.783. The lowest BCUT2D eigenvalue weighted by atomic mass is 9.87. The predicted octanol–water partition coefficient (Wildman–Crippen LogP) is 2.40. The van der Waals surface area contributed by atoms with Crippen LogP contribution in [0.2, 0.25) is 0 Å². The zero-order chi connectivity index (χ0) is 14.9. The number of nitriles is 1. The molecular weight excluding hydrogens is 262 g/mol. The molecule has 2 saturated heterocycles. The highest BCUT2D eigenvalue weighted by Crippen LogP contribution is 2.41. The van der Waals surface area contributed by atoms with Crippen LogP contribution in [-0.2, 0) is 4.74 Å². The molecule has 1 spiro atoms. The van der Waals surface area contributed by atoms with Crippen LogP contribution in [0.4, 0.5) is 0 Å². The first-order chi connectivity index (χ1) is 10.0. The average molecular weight is 291 g/mol. The lowest BCUT2D eigenvalue weighted by Gasteiger charge is -2.47. The van der Waals surface area contributed by atoms with E-state index >= 15 is 0 Å². The Labute approximate surface area is 129 Å². The van der Waals surface area contributed by atoms with Gasteiger partial charge in [-0.1, -0.05) is 12.8 Å². The van der Waals surface area contributed by atoms with Gasteiger partial charge in [-0.15, -0.1) is 0 Å². The Kier molecular flexibility index (Phi) is 4.27. The molecule has 1 saturated carbocycles. The van der Waals surface area contributed by atoms with Crippen molar-refractivity contribution in [1.29, 1.82) is 5.26 Å². The second-order valence-electron chi connectivity index (χ2n) is 7.58. The molecule has 21 heavy (non-hydrogen) atoms. The van der Waals surface area contributed by atoms with E-state index in [-0.39, 0.29) is 11.1 Å². The van der Waals surface area contributed by atoms with Gasteiger partial charge in [0.05, 0.1) is 11.7 Å². The second kappa shape index (κ2) is 5.87. The molecule has 0 amide bonds. The molecule has 3 rings (SSSR count). The standard InChI is InChI=1S/C17H29N3O/c1-16(2,14-18)20-10-8-19(9-11-20)15-5-12-21-17(13-15)6-3-4-7-17/h15H,3-13H2,1-2H3. The minimum atomic E-state index is -0.325. The van der Waals surface area contributed by atoms with Crippen LogP contribution in [0.15, 0.2) is 0 Å². The Hall–Kier alpha value is -0.630. The Morgan fingerprint density at radius 1 is 1.14 bits per heavy atom. The number of hydrogen-bond donors (Lipinski definition) is 0. The van der Waals surface area contributed by atoms with E-state index in [1.54, 1.807) is 0 Å². The normalized spacial score (nSPS) is 31.4. The molecule has 118 valence electrons. The predicted molar refractivity (Wildman–Crippen MR) is 83.0 cm³/mol. The molecule has 1 atom stereocenters. The summed E-state index contributed by atoms with van der Waals surface area (Å²) in [5, 5.41) is 9.28. The van der Waals surface area contributed by atoms with Gasteiger partial charge in [-0.2, -0.15) is 5.26 Å². The molecule has 0 bridgehead atoms. The lowest BCUT2D eigenvalue weighted by molar-refractivity contribution is -0.107. The summed E-state index contributed by atoms with van der Waals surface area (Å²) in [6.45, 7) is 9.25. The third-order valence-electron chi connectivity index (χ3n) is 5.88. The number of hydrogen-bond acceptors (Lipinski definition) is 4. The van der Waals surface area contributed by atoms with E-state index in [4.69, 9.17) is 4.74 Å². The van der Waals surface area contributed by atoms with Crippen molar-refractivity contribution >= 4 is 0 Å². The number of ether oxygens (including phenoxy) is 1. The summed E-state index contributed by atoms with van der Waals surface area (Å²) in [6.07, 6.45) is 7.64. The first-order valence-corrected chi connectivity index (χ1v) is 8.59. The number of rotatable bonds is 2. The molecule has 0 aromatic carbocycles. The number of nitrogens with zero attached hydrogens (tertiary/aromatic N) is 3. The molecule has 3 fully saturated rings. The van der Waals surface area contributed by atoms with Crippen molar-refractivity contribution < 1.29 is 4.74 Å². The largest absolute Gasteiger partial charge is 0.375 e. The summed E-state index contributed by atoms with van der Waals surface area (Å²) in [7, 11) is 0. The molecule has 3 aliphatic rings. The van der Waals surface area contributed by atoms with E-state index < -0.39 is 0 Å². The van der Waals surface area contributed by atoms with Crippen LogP contribution in [-0.4, -0.2) is 59.8 Å². The Morgan fingerprint density at radius 3 is 2.43 bits per heavy atom. The fourth-order valence-corrected chi connectivity index (χ4v) is 4.40. The van der Waals surface area contributed by atoms with Crippen molar-refractivity contribution in [3.8, 4) is 6.07 Å². The van der Waals surface area contributed by atoms with Crippen LogP contribution in [0.3, 0.4) is 0 Å². The molecule has 0 aromatic heterocycles. The number of piperazine rings is 1. The maximum Gasteiger partial charge on any atom is 0.103 e. The van der Waals surface area contributed by atoms with Gasteiger partial charge in [0.25, 0.3) is 0 Å². The fourth-order valence-electron chi connectivity index (χ4n) is 4.40. The van der Waals surface area contributed by atoms with E-state index in [2.05, 4.69) is 15.9 Å². The highest BCUT2D eigenvalue weighted by atomic mass is 16.5. The van der Waals surface area contributed by atoms with Crippen molar-refractivity contribution in [2.75, 3.05) is 32.8 Å². The maximum atomic E-state index is 9.28. The SMILES string of the molecule is CC(C)(C#N)N1CCN(C2CCOC3(CCCC3)C2)CC1. The maximum absolute atomic E-state index is 9.28. The molecule has 1 aliphatic carbocycles. The summed E-state index contributed by atoms with van der Waals surface area (Å²) >= 11 is 0. The fraction of sp³-hybridized carbons (Fsp3) is 0.941. The van der Waals surface area contributed by atoms with Gasteiger partial charge in [-0.05, 0) is 39.5 Å². The van der Waals surface area contributed by atoms with Crippen LogP contribution >= 0.6 is 0 Å². The monoisotopic (exact) mass is 291 g/mol. The van der Waals surface area contributed by atoms with E-state index in [0.717, 1.165) is 32.8 Å². The van der Waals surface area contributed by atoms with Crippen LogP contribution < -0.4 is 0 Å². The first-order valence-electron chi connectivity index (χ1n) is 8.59. The molecule has 1 unspecified atom stereocenters. The van der Waals surface area contributed by atoms with Gasteiger partial charge >= 0.3 is 0 Å². The third-order valence-corrected chi connectivity index (χ3v) is 5.88. The van der Waals surface area contributed by atoms with Crippen molar-refractivity contribution in [3.05, 3.63) is 0 Å². The Balaban J connectivity index is 1.56. The van der Waals surface area contributed by atoms with Gasteiger partial charge in [-0.25, -0.2) is 0 Å². The molecule has 2 heterocycles. The van der Waals surface area contributed by atoms with Crippen molar-refractivity contribution in [2.45, 2.75) is 69.6 Å². The molecule has 0 aromatic rings. The molecule has 0 N–H and O–H groups in total. The average Bonchev–Trinajstić information content (AvgIpc) is 2.95. The Morgan fingerprint density at radius 2 is 1.81 bits per heavy atom. The van der Waals surface area contributed by atoms with Gasteiger partial charge in [0.2, 0.25) is 0 Å². The highest BCUT2D eigenvalue weighted by Gasteiger charge is 2.42. The van der Waals surface area contributed by atoms with E-state index in [0.29, 0.717) is 6.04 Å². The molecule has 4 heteroatoms. The van der Waals surface area contributed by atoms with Crippen molar-refractivity contribution in [1.82, 2.24) is 9.80 Å². The topological polar surface area (TPSA) is 39.5 Å². The van der Waals surface area contributed by atoms with Crippen molar-refractivity contribution in [2.24, 2.45) is 0 Å². The minimum absolute atomic E-state index is 0.214. The summed E-state index contributed by atoms with van der Waals surface area (Å²) in [5.74, 6) is 0. The van der Waals surface area contributed by atoms with Gasteiger partial charge in [0.15, 0.2) is 0 Å². The van der Waals surface area contributed by atoms with Crippen molar-refractivity contribution in [3.63, 3.8) is 0 Å². The molecule has 2 aliphatic heterocycles. The Bertz CT molecular complexity index is 401. The van der Waals surface area contributed by atoms with Gasteiger partial charge in [-0.3, -0.25) is 9.80 Å². The lowest BCUT2D eigenvalue weighted by Crippen LogP contribution is -2.58. The molecule has 0 radical (unpaired) electrons. The minimum Gasteiger partial charge on any atom is -0.375 e. The van der Waals surface area contributed by atoms with Crippen LogP contribution in [0, 0.1) is 11.3 Å². The smallest absolute Gasteiger partial charge is 0.103 e. The molecule has 4 nitrogen and oxygen atoms in total. The summed E-state index contributed by atoms with van der Waals surface area (Å²) < 4.78 is 6.16. The third kappa shape index (κ3) is 3.11. The molecular formula is C17H29N3O. The second-order valence-corrected chi connectivity index (χ2v) is 7.58.